The summed E-state index contributed by atoms with van der Waals surface area (Å²) in [6.07, 6.45) is 3.24. The summed E-state index contributed by atoms with van der Waals surface area (Å²) in [4.78, 5) is 14.5. The lowest BCUT2D eigenvalue weighted by Crippen LogP contribution is -2.49. The van der Waals surface area contributed by atoms with Crippen LogP contribution in [0.2, 0.25) is 0 Å². The van der Waals surface area contributed by atoms with E-state index in [0.29, 0.717) is 11.8 Å². The molecule has 1 aromatic rings. The molecule has 1 saturated carbocycles. The molecule has 1 aromatic carbocycles. The van der Waals surface area contributed by atoms with Crippen LogP contribution in [0, 0.1) is 5.92 Å². The number of piperazine rings is 1. The first-order valence-corrected chi connectivity index (χ1v) is 7.39. The van der Waals surface area contributed by atoms with Crippen LogP contribution in [0.25, 0.3) is 0 Å². The van der Waals surface area contributed by atoms with E-state index in [-0.39, 0.29) is 18.4 Å². The molecule has 1 N–H and O–H groups in total. The second-order valence-electron chi connectivity index (χ2n) is 5.62. The minimum absolute atomic E-state index is 0. The standard InChI is InChI=1S/C16H22N2O.ClH/c1-2-12-3-5-13(6-4-12)15-11-17-9-10-18(15)16(19)14-7-8-14;/h3-6,14-15,17H,2,7-11H2,1H3;1H. The molecule has 1 unspecified atom stereocenters. The van der Waals surface area contributed by atoms with Crippen molar-refractivity contribution < 1.29 is 4.79 Å². The molecule has 3 nitrogen and oxygen atoms in total. The molecular formula is C16H23ClN2O. The SMILES string of the molecule is CCc1ccc(C2CNCCN2C(=O)C2CC2)cc1.Cl. The molecule has 2 aliphatic rings. The van der Waals surface area contributed by atoms with E-state index in [9.17, 15) is 4.79 Å². The van der Waals surface area contributed by atoms with Crippen LogP contribution in [0.1, 0.15) is 36.9 Å². The molecule has 1 aliphatic heterocycles. The Kier molecular flexibility index (Phi) is 5.06. The predicted octanol–water partition coefficient (Wildman–Crippen LogP) is 2.55. The van der Waals surface area contributed by atoms with Gasteiger partial charge >= 0.3 is 0 Å². The summed E-state index contributed by atoms with van der Waals surface area (Å²) in [5.41, 5.74) is 2.62. The van der Waals surface area contributed by atoms with Crippen molar-refractivity contribution in [3.05, 3.63) is 35.4 Å². The molecule has 3 rings (SSSR count). The molecule has 0 bridgehead atoms. The lowest BCUT2D eigenvalue weighted by molar-refractivity contribution is -0.135. The van der Waals surface area contributed by atoms with E-state index in [1.165, 1.54) is 11.1 Å². The van der Waals surface area contributed by atoms with Gasteiger partial charge < -0.3 is 10.2 Å². The number of nitrogens with zero attached hydrogens (tertiary/aromatic N) is 1. The highest BCUT2D eigenvalue weighted by Gasteiger charge is 2.37. The van der Waals surface area contributed by atoms with E-state index in [1.807, 2.05) is 0 Å². The molecule has 1 heterocycles. The van der Waals surface area contributed by atoms with E-state index >= 15 is 0 Å². The van der Waals surface area contributed by atoms with Crippen molar-refractivity contribution in [2.45, 2.75) is 32.2 Å². The second-order valence-corrected chi connectivity index (χ2v) is 5.62. The molecule has 0 spiro atoms. The molecule has 0 radical (unpaired) electrons. The number of hydrogen-bond donors (Lipinski definition) is 1. The summed E-state index contributed by atoms with van der Waals surface area (Å²) in [6.45, 7) is 4.81. The van der Waals surface area contributed by atoms with E-state index in [2.05, 4.69) is 41.4 Å². The number of carbonyl (C=O) groups is 1. The number of rotatable bonds is 3. The molecule has 1 amide bonds. The highest BCUT2D eigenvalue weighted by Crippen LogP contribution is 2.34. The van der Waals surface area contributed by atoms with Gasteiger partial charge in [-0.2, -0.15) is 0 Å². The number of hydrogen-bond acceptors (Lipinski definition) is 2. The van der Waals surface area contributed by atoms with Crippen LogP contribution in [-0.4, -0.2) is 30.4 Å². The van der Waals surface area contributed by atoms with Crippen LogP contribution in [-0.2, 0) is 11.2 Å². The van der Waals surface area contributed by atoms with Gasteiger partial charge in [-0.25, -0.2) is 0 Å². The van der Waals surface area contributed by atoms with E-state index in [0.717, 1.165) is 38.9 Å². The summed E-state index contributed by atoms with van der Waals surface area (Å²) in [5, 5.41) is 3.41. The van der Waals surface area contributed by atoms with Gasteiger partial charge in [0.25, 0.3) is 0 Å². The Morgan fingerprint density at radius 3 is 2.60 bits per heavy atom. The van der Waals surface area contributed by atoms with Gasteiger partial charge in [-0.05, 0) is 30.4 Å². The van der Waals surface area contributed by atoms with Gasteiger partial charge in [-0.1, -0.05) is 31.2 Å². The van der Waals surface area contributed by atoms with Crippen molar-refractivity contribution >= 4 is 18.3 Å². The van der Waals surface area contributed by atoms with E-state index in [1.54, 1.807) is 0 Å². The summed E-state index contributed by atoms with van der Waals surface area (Å²) in [5.74, 6) is 0.682. The Morgan fingerprint density at radius 1 is 1.30 bits per heavy atom. The third-order valence-corrected chi connectivity index (χ3v) is 4.23. The highest BCUT2D eigenvalue weighted by molar-refractivity contribution is 5.85. The zero-order valence-corrected chi connectivity index (χ0v) is 12.8. The van der Waals surface area contributed by atoms with Crippen LogP contribution in [0.15, 0.2) is 24.3 Å². The predicted molar refractivity (Wildman–Crippen MR) is 83.1 cm³/mol. The lowest BCUT2D eigenvalue weighted by Gasteiger charge is -2.37. The quantitative estimate of drug-likeness (QED) is 0.929. The summed E-state index contributed by atoms with van der Waals surface area (Å²) in [7, 11) is 0. The van der Waals surface area contributed by atoms with Gasteiger partial charge in [0.05, 0.1) is 6.04 Å². The summed E-state index contributed by atoms with van der Waals surface area (Å²) in [6, 6.07) is 8.95. The fourth-order valence-electron chi connectivity index (χ4n) is 2.81. The number of halogens is 1. The monoisotopic (exact) mass is 294 g/mol. The molecule has 1 saturated heterocycles. The van der Waals surface area contributed by atoms with Crippen LogP contribution < -0.4 is 5.32 Å². The van der Waals surface area contributed by atoms with Gasteiger partial charge in [0.15, 0.2) is 0 Å². The maximum absolute atomic E-state index is 12.4. The Bertz CT molecular complexity index is 456. The Morgan fingerprint density at radius 2 is 2.00 bits per heavy atom. The molecular weight excluding hydrogens is 272 g/mol. The maximum atomic E-state index is 12.4. The number of aryl methyl sites for hydroxylation is 1. The molecule has 20 heavy (non-hydrogen) atoms. The number of benzene rings is 1. The van der Waals surface area contributed by atoms with E-state index in [4.69, 9.17) is 0 Å². The molecule has 1 atom stereocenters. The Balaban J connectivity index is 0.00000147. The molecule has 2 fully saturated rings. The van der Waals surface area contributed by atoms with Gasteiger partial charge in [-0.3, -0.25) is 4.79 Å². The van der Waals surface area contributed by atoms with E-state index < -0.39 is 0 Å². The van der Waals surface area contributed by atoms with Crippen molar-refractivity contribution in [3.8, 4) is 0 Å². The van der Waals surface area contributed by atoms with Crippen molar-refractivity contribution in [2.75, 3.05) is 19.6 Å². The first kappa shape index (κ1) is 15.3. The Hall–Kier alpha value is -1.06. The third-order valence-electron chi connectivity index (χ3n) is 4.23. The maximum Gasteiger partial charge on any atom is 0.226 e. The second kappa shape index (κ2) is 6.59. The van der Waals surface area contributed by atoms with Crippen LogP contribution in [0.3, 0.4) is 0 Å². The smallest absolute Gasteiger partial charge is 0.226 e. The first-order chi connectivity index (χ1) is 9.29. The minimum Gasteiger partial charge on any atom is -0.333 e. The third kappa shape index (κ3) is 3.15. The highest BCUT2D eigenvalue weighted by atomic mass is 35.5. The Labute approximate surface area is 127 Å². The zero-order chi connectivity index (χ0) is 13.2. The zero-order valence-electron chi connectivity index (χ0n) is 12.0. The fourth-order valence-corrected chi connectivity index (χ4v) is 2.81. The van der Waals surface area contributed by atoms with Gasteiger partial charge in [0.1, 0.15) is 0 Å². The van der Waals surface area contributed by atoms with Crippen LogP contribution in [0.5, 0.6) is 0 Å². The first-order valence-electron chi connectivity index (χ1n) is 7.39. The average molecular weight is 295 g/mol. The summed E-state index contributed by atoms with van der Waals surface area (Å²) >= 11 is 0. The fraction of sp³-hybridized carbons (Fsp3) is 0.562. The van der Waals surface area contributed by atoms with Gasteiger partial charge in [0.2, 0.25) is 5.91 Å². The normalized spacial score (nSPS) is 22.2. The molecule has 0 aromatic heterocycles. The number of amides is 1. The van der Waals surface area contributed by atoms with Crippen molar-refractivity contribution in [3.63, 3.8) is 0 Å². The van der Waals surface area contributed by atoms with Crippen LogP contribution >= 0.6 is 12.4 Å². The lowest BCUT2D eigenvalue weighted by atomic mass is 10.0. The largest absolute Gasteiger partial charge is 0.333 e. The average Bonchev–Trinajstić information content (AvgIpc) is 3.31. The molecule has 1 aliphatic carbocycles. The topological polar surface area (TPSA) is 32.3 Å². The van der Waals surface area contributed by atoms with Gasteiger partial charge in [0, 0.05) is 25.6 Å². The van der Waals surface area contributed by atoms with Crippen molar-refractivity contribution in [1.29, 1.82) is 0 Å². The number of carbonyl (C=O) groups excluding carboxylic acids is 1. The van der Waals surface area contributed by atoms with Crippen molar-refractivity contribution in [2.24, 2.45) is 5.92 Å². The van der Waals surface area contributed by atoms with Crippen LogP contribution in [0.4, 0.5) is 0 Å². The molecule has 110 valence electrons. The molecule has 4 heteroatoms. The minimum atomic E-state index is 0. The number of nitrogens with one attached hydrogen (secondary N) is 1. The summed E-state index contributed by atoms with van der Waals surface area (Å²) < 4.78 is 0. The van der Waals surface area contributed by atoms with Crippen molar-refractivity contribution in [1.82, 2.24) is 10.2 Å². The van der Waals surface area contributed by atoms with Gasteiger partial charge in [-0.15, -0.1) is 12.4 Å².